The topological polar surface area (TPSA) is 126 Å². The molecule has 0 radical (unpaired) electrons. The summed E-state index contributed by atoms with van der Waals surface area (Å²) in [6, 6.07) is 3.90. The zero-order valence-corrected chi connectivity index (χ0v) is 21.0. The van der Waals surface area contributed by atoms with Crippen LogP contribution in [0.3, 0.4) is 0 Å². The number of nitrogens with one attached hydrogen (secondary N) is 1. The molecule has 1 unspecified atom stereocenters. The number of amides is 4. The van der Waals surface area contributed by atoms with Crippen LogP contribution in [0.15, 0.2) is 30.6 Å². The van der Waals surface area contributed by atoms with Crippen LogP contribution in [0.25, 0.3) is 0 Å². The van der Waals surface area contributed by atoms with Gasteiger partial charge in [-0.25, -0.2) is 9.78 Å². The van der Waals surface area contributed by atoms with Crippen molar-refractivity contribution in [1.29, 1.82) is 0 Å². The molecule has 2 saturated carbocycles. The highest BCUT2D eigenvalue weighted by atomic mass is 16.2. The summed E-state index contributed by atoms with van der Waals surface area (Å²) in [5.41, 5.74) is 6.63. The van der Waals surface area contributed by atoms with Crippen LogP contribution in [0.4, 0.5) is 16.4 Å². The average Bonchev–Trinajstić information content (AvgIpc) is 3.63. The first kappa shape index (κ1) is 24.3. The Hall–Kier alpha value is -3.43. The number of nitrogens with zero attached hydrogens (tertiary/aromatic N) is 5. The molecule has 2 aromatic heterocycles. The van der Waals surface area contributed by atoms with Gasteiger partial charge in [-0.3, -0.25) is 24.1 Å². The third kappa shape index (κ3) is 4.81. The van der Waals surface area contributed by atoms with E-state index in [2.05, 4.69) is 15.4 Å². The number of likely N-dealkylation sites (tertiary alicyclic amines) is 1. The lowest BCUT2D eigenvalue weighted by Gasteiger charge is -2.46. The summed E-state index contributed by atoms with van der Waals surface area (Å²) < 4.78 is 1.61. The molecule has 3 N–H and O–H groups in total. The van der Waals surface area contributed by atoms with E-state index in [9.17, 15) is 14.4 Å². The Morgan fingerprint density at radius 1 is 1.17 bits per heavy atom. The predicted octanol–water partition coefficient (Wildman–Crippen LogP) is 2.50. The maximum atomic E-state index is 13.7. The van der Waals surface area contributed by atoms with Crippen molar-refractivity contribution >= 4 is 29.5 Å². The van der Waals surface area contributed by atoms with E-state index in [1.54, 1.807) is 49.4 Å². The number of hydrogen-bond acceptors (Lipinski definition) is 6. The Balaban J connectivity index is 1.37. The summed E-state index contributed by atoms with van der Waals surface area (Å²) in [7, 11) is 3.40. The summed E-state index contributed by atoms with van der Waals surface area (Å²) in [6.45, 7) is 0. The van der Waals surface area contributed by atoms with Crippen LogP contribution in [-0.2, 0) is 23.1 Å². The fourth-order valence-electron chi connectivity index (χ4n) is 5.81. The monoisotopic (exact) mass is 493 g/mol. The maximum absolute atomic E-state index is 13.7. The molecule has 0 spiro atoms. The van der Waals surface area contributed by atoms with Crippen molar-refractivity contribution in [2.45, 2.75) is 63.5 Å². The summed E-state index contributed by atoms with van der Waals surface area (Å²) in [4.78, 5) is 47.1. The number of urea groups is 1. The lowest BCUT2D eigenvalue weighted by Crippen LogP contribution is -2.71. The number of imide groups is 1. The van der Waals surface area contributed by atoms with E-state index in [4.69, 9.17) is 5.73 Å². The van der Waals surface area contributed by atoms with E-state index in [-0.39, 0.29) is 17.9 Å². The molecule has 5 rings (SSSR count). The molecule has 10 nitrogen and oxygen atoms in total. The number of carbonyl (C=O) groups is 3. The standard InChI is InChI=1S/C26H35N7O3/c1-31-13-11-21(30-31)32(2)25(35)23-19(14-16-10-12-28-20(27)15-16)24(34)33(23)26(36)29-22(18-8-9-18)17-6-4-3-5-7-17/h10-13,15,17-19,22-23H,3-9,14H2,1-2H3,(H2,27,28)(H,29,36)/t19?,22-,23-/m0/s1. The van der Waals surface area contributed by atoms with Gasteiger partial charge in [0.1, 0.15) is 11.9 Å². The number of pyridine rings is 1. The number of rotatable bonds is 7. The zero-order valence-electron chi connectivity index (χ0n) is 21.0. The third-order valence-corrected chi connectivity index (χ3v) is 7.94. The number of aromatic nitrogens is 3. The van der Waals surface area contributed by atoms with Crippen LogP contribution in [0.1, 0.15) is 50.5 Å². The normalized spacial score (nSPS) is 23.2. The van der Waals surface area contributed by atoms with Gasteiger partial charge in [-0.15, -0.1) is 0 Å². The zero-order chi connectivity index (χ0) is 25.4. The molecule has 10 heteroatoms. The van der Waals surface area contributed by atoms with Crippen molar-refractivity contribution in [3.8, 4) is 0 Å². The van der Waals surface area contributed by atoms with Gasteiger partial charge in [-0.2, -0.15) is 5.10 Å². The molecule has 0 bridgehead atoms. The fraction of sp³-hybridized carbons (Fsp3) is 0.577. The molecule has 2 aromatic rings. The Labute approximate surface area is 211 Å². The molecule has 3 aliphatic rings. The SMILES string of the molecule is CN(C(=O)[C@@H]1C(Cc2ccnc(N)c2)C(=O)N1C(=O)N[C@@H](C1CCCCC1)C1CC1)c1ccn(C)n1. The van der Waals surface area contributed by atoms with E-state index in [0.29, 0.717) is 29.9 Å². The van der Waals surface area contributed by atoms with Crippen molar-refractivity contribution in [2.24, 2.45) is 24.8 Å². The largest absolute Gasteiger partial charge is 0.384 e. The molecule has 1 aliphatic heterocycles. The minimum Gasteiger partial charge on any atom is -0.384 e. The number of likely N-dealkylation sites (N-methyl/N-ethyl adjacent to an activating group) is 1. The van der Waals surface area contributed by atoms with Crippen LogP contribution in [-0.4, -0.2) is 56.6 Å². The Morgan fingerprint density at radius 2 is 1.89 bits per heavy atom. The quantitative estimate of drug-likeness (QED) is 0.571. The molecule has 36 heavy (non-hydrogen) atoms. The van der Waals surface area contributed by atoms with Gasteiger partial charge in [0.2, 0.25) is 5.91 Å². The third-order valence-electron chi connectivity index (χ3n) is 7.94. The number of aryl methyl sites for hydroxylation is 1. The fourth-order valence-corrected chi connectivity index (χ4v) is 5.81. The Bertz CT molecular complexity index is 1140. The number of hydrogen-bond donors (Lipinski definition) is 2. The van der Waals surface area contributed by atoms with E-state index < -0.39 is 18.0 Å². The second kappa shape index (κ2) is 9.91. The first-order valence-corrected chi connectivity index (χ1v) is 12.9. The van der Waals surface area contributed by atoms with Gasteiger partial charge in [-0.05, 0) is 61.6 Å². The molecule has 192 valence electrons. The van der Waals surface area contributed by atoms with Crippen molar-refractivity contribution in [3.63, 3.8) is 0 Å². The highest BCUT2D eigenvalue weighted by molar-refractivity contribution is 6.12. The number of carbonyl (C=O) groups excluding carboxylic acids is 3. The second-order valence-corrected chi connectivity index (χ2v) is 10.5. The smallest absolute Gasteiger partial charge is 0.325 e. The minimum atomic E-state index is -0.912. The lowest BCUT2D eigenvalue weighted by molar-refractivity contribution is -0.156. The van der Waals surface area contributed by atoms with Gasteiger partial charge >= 0.3 is 6.03 Å². The summed E-state index contributed by atoms with van der Waals surface area (Å²) >= 11 is 0. The van der Waals surface area contributed by atoms with E-state index >= 15 is 0 Å². The van der Waals surface area contributed by atoms with E-state index in [0.717, 1.165) is 36.1 Å². The van der Waals surface area contributed by atoms with Gasteiger partial charge in [0.25, 0.3) is 5.91 Å². The first-order chi connectivity index (χ1) is 17.3. The highest BCUT2D eigenvalue weighted by Gasteiger charge is 2.56. The van der Waals surface area contributed by atoms with Gasteiger partial charge in [0, 0.05) is 38.6 Å². The highest BCUT2D eigenvalue weighted by Crippen LogP contribution is 2.41. The number of β-lactam (4-membered cyclic amide) rings is 1. The van der Waals surface area contributed by atoms with Crippen LogP contribution in [0.2, 0.25) is 0 Å². The summed E-state index contributed by atoms with van der Waals surface area (Å²) in [6.07, 6.45) is 11.6. The van der Waals surface area contributed by atoms with Crippen LogP contribution in [0, 0.1) is 17.8 Å². The molecule has 3 atom stereocenters. The second-order valence-electron chi connectivity index (χ2n) is 10.5. The molecule has 1 saturated heterocycles. The number of nitrogen functional groups attached to an aromatic ring is 1. The lowest BCUT2D eigenvalue weighted by atomic mass is 9.81. The molecule has 3 fully saturated rings. The first-order valence-electron chi connectivity index (χ1n) is 12.9. The minimum absolute atomic E-state index is 0.0638. The maximum Gasteiger partial charge on any atom is 0.325 e. The van der Waals surface area contributed by atoms with E-state index in [1.807, 2.05) is 0 Å². The number of anilines is 2. The van der Waals surface area contributed by atoms with Gasteiger partial charge in [0.05, 0.1) is 5.92 Å². The average molecular weight is 494 g/mol. The van der Waals surface area contributed by atoms with Crippen molar-refractivity contribution in [1.82, 2.24) is 25.0 Å². The number of nitrogens with two attached hydrogens (primary N) is 1. The Kier molecular flexibility index (Phi) is 6.68. The molecule has 3 heterocycles. The molecular formula is C26H35N7O3. The van der Waals surface area contributed by atoms with Crippen LogP contribution in [0.5, 0.6) is 0 Å². The molecule has 4 amide bonds. The van der Waals surface area contributed by atoms with Crippen molar-refractivity contribution in [2.75, 3.05) is 17.7 Å². The van der Waals surface area contributed by atoms with Crippen molar-refractivity contribution < 1.29 is 14.4 Å². The Morgan fingerprint density at radius 3 is 2.53 bits per heavy atom. The van der Waals surface area contributed by atoms with Gasteiger partial charge < -0.3 is 11.1 Å². The molecular weight excluding hydrogens is 458 g/mol. The van der Waals surface area contributed by atoms with E-state index in [1.165, 1.54) is 24.2 Å². The summed E-state index contributed by atoms with van der Waals surface area (Å²) in [5.74, 6) is 0.381. The van der Waals surface area contributed by atoms with Crippen molar-refractivity contribution in [3.05, 3.63) is 36.2 Å². The summed E-state index contributed by atoms with van der Waals surface area (Å²) in [5, 5.41) is 7.50. The van der Waals surface area contributed by atoms with Crippen LogP contribution < -0.4 is 16.0 Å². The molecule has 2 aliphatic carbocycles. The predicted molar refractivity (Wildman–Crippen MR) is 135 cm³/mol. The molecule has 0 aromatic carbocycles. The van der Waals surface area contributed by atoms with Crippen LogP contribution >= 0.6 is 0 Å². The van der Waals surface area contributed by atoms with Gasteiger partial charge in [0.15, 0.2) is 5.82 Å². The van der Waals surface area contributed by atoms with Gasteiger partial charge in [-0.1, -0.05) is 19.3 Å².